The van der Waals surface area contributed by atoms with Crippen molar-refractivity contribution in [3.8, 4) is 0 Å². The number of fused-ring (bicyclic) bond motifs is 1. The van der Waals surface area contributed by atoms with Crippen LogP contribution < -0.4 is 15.5 Å². The number of halogens is 1. The quantitative estimate of drug-likeness (QED) is 0.600. The van der Waals surface area contributed by atoms with E-state index in [1.54, 1.807) is 55.6 Å². The summed E-state index contributed by atoms with van der Waals surface area (Å²) in [6.07, 6.45) is -1.23. The molecule has 0 bridgehead atoms. The summed E-state index contributed by atoms with van der Waals surface area (Å²) in [5.74, 6) is -0.588. The predicted molar refractivity (Wildman–Crippen MR) is 128 cm³/mol. The number of benzodiazepines with no additional fused rings is 1. The predicted octanol–water partition coefficient (Wildman–Crippen LogP) is 4.91. The van der Waals surface area contributed by atoms with E-state index in [2.05, 4.69) is 29.5 Å². The topological polar surface area (TPSA) is 73.8 Å². The van der Waals surface area contributed by atoms with Crippen molar-refractivity contribution in [3.05, 3.63) is 95.3 Å². The maximum Gasteiger partial charge on any atom is 0.321 e. The molecule has 0 saturated heterocycles. The summed E-state index contributed by atoms with van der Waals surface area (Å²) < 4.78 is 14.7. The van der Waals surface area contributed by atoms with E-state index in [-0.39, 0.29) is 5.56 Å². The van der Waals surface area contributed by atoms with Crippen LogP contribution in [-0.4, -0.2) is 30.9 Å². The van der Waals surface area contributed by atoms with Crippen LogP contribution in [0, 0.1) is 5.82 Å². The van der Waals surface area contributed by atoms with Gasteiger partial charge in [0.1, 0.15) is 5.82 Å². The van der Waals surface area contributed by atoms with Crippen LogP contribution in [0.3, 0.4) is 0 Å². The second kappa shape index (κ2) is 9.24. The van der Waals surface area contributed by atoms with E-state index in [9.17, 15) is 14.0 Å². The lowest BCUT2D eigenvalue weighted by molar-refractivity contribution is -0.119. The molecule has 1 atom stereocenters. The smallest absolute Gasteiger partial charge is 0.311 e. The van der Waals surface area contributed by atoms with Gasteiger partial charge in [0, 0.05) is 23.9 Å². The summed E-state index contributed by atoms with van der Waals surface area (Å²) in [5.41, 5.74) is 3.42. The fraction of sp³-hybridized carbons (Fsp3) is 0.192. The maximum atomic E-state index is 14.7. The van der Waals surface area contributed by atoms with Crippen LogP contribution in [0.25, 0.3) is 0 Å². The van der Waals surface area contributed by atoms with Gasteiger partial charge in [-0.25, -0.2) is 14.2 Å². The molecule has 0 spiro atoms. The number of urea groups is 1. The zero-order chi connectivity index (χ0) is 23.5. The number of carbonyl (C=O) groups excluding carboxylic acids is 2. The second-order valence-corrected chi connectivity index (χ2v) is 8.15. The average molecular weight is 445 g/mol. The SMILES string of the molecule is CC(C)c1cccc(NC(=O)NC2N=C(c3ccccc3F)c3ccccc3N(C)C2=O)c1. The summed E-state index contributed by atoms with van der Waals surface area (Å²) in [5, 5.41) is 5.40. The summed E-state index contributed by atoms with van der Waals surface area (Å²) >= 11 is 0. The highest BCUT2D eigenvalue weighted by Gasteiger charge is 2.31. The van der Waals surface area contributed by atoms with Gasteiger partial charge in [0.2, 0.25) is 6.17 Å². The monoisotopic (exact) mass is 444 g/mol. The summed E-state index contributed by atoms with van der Waals surface area (Å²) in [6.45, 7) is 4.13. The Labute approximate surface area is 192 Å². The van der Waals surface area contributed by atoms with Crippen molar-refractivity contribution in [2.24, 2.45) is 4.99 Å². The number of hydrogen-bond donors (Lipinski definition) is 2. The minimum atomic E-state index is -1.23. The average Bonchev–Trinajstić information content (AvgIpc) is 2.90. The number of para-hydroxylation sites is 1. The van der Waals surface area contributed by atoms with Crippen molar-refractivity contribution in [3.63, 3.8) is 0 Å². The molecular weight excluding hydrogens is 419 g/mol. The minimum absolute atomic E-state index is 0.255. The van der Waals surface area contributed by atoms with Gasteiger partial charge in [0.15, 0.2) is 0 Å². The molecule has 2 N–H and O–H groups in total. The van der Waals surface area contributed by atoms with E-state index in [4.69, 9.17) is 0 Å². The number of rotatable bonds is 4. The Hall–Kier alpha value is -4.00. The summed E-state index contributed by atoms with van der Waals surface area (Å²) in [7, 11) is 1.61. The van der Waals surface area contributed by atoms with E-state index >= 15 is 0 Å². The minimum Gasteiger partial charge on any atom is -0.311 e. The Morgan fingerprint density at radius 2 is 1.70 bits per heavy atom. The molecule has 7 heteroatoms. The largest absolute Gasteiger partial charge is 0.321 e. The molecule has 0 saturated carbocycles. The molecule has 1 unspecified atom stereocenters. The zero-order valence-corrected chi connectivity index (χ0v) is 18.7. The molecule has 168 valence electrons. The zero-order valence-electron chi connectivity index (χ0n) is 18.7. The normalized spacial score (nSPS) is 15.5. The molecule has 1 aliphatic rings. The van der Waals surface area contributed by atoms with E-state index in [0.717, 1.165) is 5.56 Å². The molecule has 6 nitrogen and oxygen atoms in total. The Bertz CT molecular complexity index is 1240. The van der Waals surface area contributed by atoms with Crippen molar-refractivity contribution >= 4 is 29.0 Å². The number of likely N-dealkylation sites (N-methyl/N-ethyl adjacent to an activating group) is 1. The molecule has 3 amide bonds. The van der Waals surface area contributed by atoms with Crippen LogP contribution in [-0.2, 0) is 4.79 Å². The van der Waals surface area contributed by atoms with Crippen molar-refractivity contribution in [1.82, 2.24) is 5.32 Å². The third kappa shape index (κ3) is 4.62. The lowest BCUT2D eigenvalue weighted by Gasteiger charge is -2.21. The van der Waals surface area contributed by atoms with Gasteiger partial charge in [-0.2, -0.15) is 0 Å². The van der Waals surface area contributed by atoms with Crippen LogP contribution >= 0.6 is 0 Å². The van der Waals surface area contributed by atoms with Gasteiger partial charge in [-0.3, -0.25) is 4.79 Å². The van der Waals surface area contributed by atoms with Crippen LogP contribution in [0.5, 0.6) is 0 Å². The maximum absolute atomic E-state index is 14.7. The highest BCUT2D eigenvalue weighted by atomic mass is 19.1. The highest BCUT2D eigenvalue weighted by molar-refractivity contribution is 6.20. The number of benzene rings is 3. The fourth-order valence-electron chi connectivity index (χ4n) is 3.75. The van der Waals surface area contributed by atoms with E-state index in [1.165, 1.54) is 11.0 Å². The summed E-state index contributed by atoms with van der Waals surface area (Å²) in [4.78, 5) is 31.9. The molecule has 1 aliphatic heterocycles. The lowest BCUT2D eigenvalue weighted by atomic mass is 10.00. The van der Waals surface area contributed by atoms with Crippen LogP contribution in [0.15, 0.2) is 77.8 Å². The molecule has 0 aromatic heterocycles. The van der Waals surface area contributed by atoms with Crippen LogP contribution in [0.4, 0.5) is 20.6 Å². The number of amides is 3. The Morgan fingerprint density at radius 3 is 2.42 bits per heavy atom. The molecule has 0 radical (unpaired) electrons. The van der Waals surface area contributed by atoms with Gasteiger partial charge in [-0.15, -0.1) is 0 Å². The number of nitrogens with one attached hydrogen (secondary N) is 2. The van der Waals surface area contributed by atoms with Gasteiger partial charge < -0.3 is 15.5 Å². The van der Waals surface area contributed by atoms with Crippen molar-refractivity contribution in [1.29, 1.82) is 0 Å². The molecule has 0 fully saturated rings. The third-order valence-electron chi connectivity index (χ3n) is 5.55. The molecular formula is C26H25FN4O2. The van der Waals surface area contributed by atoms with Gasteiger partial charge >= 0.3 is 6.03 Å². The number of aliphatic imine (C=N–C) groups is 1. The summed E-state index contributed by atoms with van der Waals surface area (Å²) in [6, 6.07) is 20.3. The van der Waals surface area contributed by atoms with E-state index in [1.807, 2.05) is 18.2 Å². The van der Waals surface area contributed by atoms with Gasteiger partial charge in [-0.1, -0.05) is 56.3 Å². The standard InChI is InChI=1S/C26H25FN4O2/c1-16(2)17-9-8-10-18(15-17)28-26(33)30-24-25(32)31(3)22-14-7-5-12-20(22)23(29-24)19-11-4-6-13-21(19)27/h4-16,24H,1-3H3,(H2,28,30,33). The fourth-order valence-corrected chi connectivity index (χ4v) is 3.75. The first-order chi connectivity index (χ1) is 15.8. The first kappa shape index (κ1) is 22.2. The first-order valence-corrected chi connectivity index (χ1v) is 10.7. The molecule has 33 heavy (non-hydrogen) atoms. The Morgan fingerprint density at radius 1 is 1.00 bits per heavy atom. The van der Waals surface area contributed by atoms with Crippen molar-refractivity contribution in [2.45, 2.75) is 25.9 Å². The second-order valence-electron chi connectivity index (χ2n) is 8.15. The Balaban J connectivity index is 1.68. The molecule has 1 heterocycles. The molecule has 0 aliphatic carbocycles. The molecule has 3 aromatic carbocycles. The van der Waals surface area contributed by atoms with Gasteiger partial charge in [-0.05, 0) is 41.8 Å². The number of hydrogen-bond acceptors (Lipinski definition) is 3. The molecule has 4 rings (SSSR count). The highest BCUT2D eigenvalue weighted by Crippen LogP contribution is 2.28. The van der Waals surface area contributed by atoms with Crippen molar-refractivity contribution < 1.29 is 14.0 Å². The van der Waals surface area contributed by atoms with Gasteiger partial charge in [0.05, 0.1) is 11.4 Å². The van der Waals surface area contributed by atoms with Crippen LogP contribution in [0.1, 0.15) is 36.5 Å². The van der Waals surface area contributed by atoms with Crippen molar-refractivity contribution in [2.75, 3.05) is 17.3 Å². The first-order valence-electron chi connectivity index (χ1n) is 10.7. The van der Waals surface area contributed by atoms with Crippen LogP contribution in [0.2, 0.25) is 0 Å². The van der Waals surface area contributed by atoms with E-state index in [0.29, 0.717) is 28.6 Å². The lowest BCUT2D eigenvalue weighted by Crippen LogP contribution is -2.47. The van der Waals surface area contributed by atoms with E-state index < -0.39 is 23.9 Å². The molecule has 3 aromatic rings. The number of nitrogens with zero attached hydrogens (tertiary/aromatic N) is 2. The Kier molecular flexibility index (Phi) is 6.22. The number of carbonyl (C=O) groups is 2. The van der Waals surface area contributed by atoms with Gasteiger partial charge in [0.25, 0.3) is 5.91 Å². The third-order valence-corrected chi connectivity index (χ3v) is 5.55. The number of anilines is 2.